The minimum absolute atomic E-state index is 0.0373. The molecule has 0 radical (unpaired) electrons. The van der Waals surface area contributed by atoms with E-state index in [1.807, 2.05) is 42.5 Å². The first-order valence-corrected chi connectivity index (χ1v) is 9.70. The molecule has 0 saturated carbocycles. The van der Waals surface area contributed by atoms with Crippen molar-refractivity contribution in [3.63, 3.8) is 0 Å². The maximum Gasteiger partial charge on any atom is 0.266 e. The molecule has 2 aliphatic rings. The monoisotopic (exact) mass is 388 g/mol. The van der Waals surface area contributed by atoms with E-state index in [0.717, 1.165) is 5.56 Å². The normalized spacial score (nSPS) is 19.8. The van der Waals surface area contributed by atoms with Crippen LogP contribution in [0.4, 0.5) is 0 Å². The van der Waals surface area contributed by atoms with Gasteiger partial charge in [-0.1, -0.05) is 66.5 Å². The van der Waals surface area contributed by atoms with Gasteiger partial charge in [0, 0.05) is 26.1 Å². The van der Waals surface area contributed by atoms with E-state index in [9.17, 15) is 9.59 Å². The van der Waals surface area contributed by atoms with Gasteiger partial charge in [0.15, 0.2) is 0 Å². The molecular weight excluding hydrogens is 368 g/mol. The van der Waals surface area contributed by atoms with Gasteiger partial charge in [-0.3, -0.25) is 14.5 Å². The van der Waals surface area contributed by atoms with Crippen molar-refractivity contribution in [2.75, 3.05) is 32.8 Å². The molecule has 5 nitrogen and oxygen atoms in total. The first-order chi connectivity index (χ1) is 12.6. The highest BCUT2D eigenvalue weighted by Crippen LogP contribution is 2.31. The van der Waals surface area contributed by atoms with Gasteiger partial charge in [-0.2, -0.15) is 0 Å². The number of rotatable bonds is 5. The second-order valence-corrected chi connectivity index (χ2v) is 7.54. The zero-order chi connectivity index (χ0) is 18.4. The fourth-order valence-electron chi connectivity index (χ4n) is 2.70. The van der Waals surface area contributed by atoms with Gasteiger partial charge in [0.25, 0.3) is 5.91 Å². The highest BCUT2D eigenvalue weighted by Gasteiger charge is 2.32. The molecule has 0 atom stereocenters. The number of hydrogen-bond acceptors (Lipinski definition) is 5. The predicted octanol–water partition coefficient (Wildman–Crippen LogP) is 2.69. The number of thiocarbonyl (C=S) groups is 1. The quantitative estimate of drug-likeness (QED) is 0.573. The molecule has 0 aliphatic carbocycles. The molecule has 2 aliphatic heterocycles. The van der Waals surface area contributed by atoms with E-state index < -0.39 is 0 Å². The zero-order valence-electron chi connectivity index (χ0n) is 14.3. The van der Waals surface area contributed by atoms with Crippen LogP contribution in [0.2, 0.25) is 0 Å². The van der Waals surface area contributed by atoms with Crippen LogP contribution in [0.3, 0.4) is 0 Å². The first kappa shape index (κ1) is 18.8. The summed E-state index contributed by atoms with van der Waals surface area (Å²) in [5, 5.41) is 0. The lowest BCUT2D eigenvalue weighted by Gasteiger charge is -2.27. The molecule has 1 aromatic carbocycles. The van der Waals surface area contributed by atoms with Crippen molar-refractivity contribution in [2.45, 2.75) is 6.42 Å². The molecule has 0 aromatic heterocycles. The Kier molecular flexibility index (Phi) is 6.60. The third-order valence-corrected chi connectivity index (χ3v) is 5.52. The standard InChI is InChI=1S/C19H20N2O3S2/c22-17(20-11-13-24-14-12-20)9-10-21-18(23)16(26-19(21)25)8-4-7-15-5-2-1-3-6-15/h1-8H,9-14H2/b7-4+,16-8-. The van der Waals surface area contributed by atoms with E-state index in [4.69, 9.17) is 17.0 Å². The van der Waals surface area contributed by atoms with Crippen LogP contribution in [0, 0.1) is 0 Å². The van der Waals surface area contributed by atoms with Crippen molar-refractivity contribution in [3.8, 4) is 0 Å². The van der Waals surface area contributed by atoms with Gasteiger partial charge in [-0.05, 0) is 11.6 Å². The van der Waals surface area contributed by atoms with E-state index in [-0.39, 0.29) is 18.2 Å². The van der Waals surface area contributed by atoms with Crippen molar-refractivity contribution in [1.82, 2.24) is 9.80 Å². The maximum atomic E-state index is 12.5. The number of hydrogen-bond donors (Lipinski definition) is 0. The van der Waals surface area contributed by atoms with Crippen LogP contribution >= 0.6 is 24.0 Å². The van der Waals surface area contributed by atoms with E-state index in [1.165, 1.54) is 16.7 Å². The smallest absolute Gasteiger partial charge is 0.266 e. The Hall–Kier alpha value is -1.96. The van der Waals surface area contributed by atoms with Crippen LogP contribution in [-0.4, -0.2) is 58.8 Å². The van der Waals surface area contributed by atoms with Crippen LogP contribution in [0.15, 0.2) is 47.4 Å². The maximum absolute atomic E-state index is 12.5. The van der Waals surface area contributed by atoms with Crippen molar-refractivity contribution >= 4 is 46.2 Å². The molecule has 0 bridgehead atoms. The molecule has 0 unspecified atom stereocenters. The molecule has 136 valence electrons. The topological polar surface area (TPSA) is 49.9 Å². The Morgan fingerprint density at radius 1 is 1.23 bits per heavy atom. The van der Waals surface area contributed by atoms with Crippen molar-refractivity contribution in [3.05, 3.63) is 53.0 Å². The minimum Gasteiger partial charge on any atom is -0.378 e. The van der Waals surface area contributed by atoms with Gasteiger partial charge in [0.1, 0.15) is 4.32 Å². The van der Waals surface area contributed by atoms with Gasteiger partial charge >= 0.3 is 0 Å². The summed E-state index contributed by atoms with van der Waals surface area (Å²) in [5.41, 5.74) is 1.07. The number of thioether (sulfide) groups is 1. The fourth-order valence-corrected chi connectivity index (χ4v) is 3.96. The summed E-state index contributed by atoms with van der Waals surface area (Å²) in [4.78, 5) is 28.6. The van der Waals surface area contributed by atoms with Gasteiger partial charge < -0.3 is 9.64 Å². The van der Waals surface area contributed by atoms with Crippen molar-refractivity contribution < 1.29 is 14.3 Å². The lowest BCUT2D eigenvalue weighted by molar-refractivity contribution is -0.135. The Morgan fingerprint density at radius 3 is 2.69 bits per heavy atom. The number of carbonyl (C=O) groups excluding carboxylic acids is 2. The second kappa shape index (κ2) is 9.12. The zero-order valence-corrected chi connectivity index (χ0v) is 15.9. The number of carbonyl (C=O) groups is 2. The molecule has 26 heavy (non-hydrogen) atoms. The Morgan fingerprint density at radius 2 is 1.96 bits per heavy atom. The lowest BCUT2D eigenvalue weighted by Crippen LogP contribution is -2.42. The summed E-state index contributed by atoms with van der Waals surface area (Å²) >= 11 is 6.58. The van der Waals surface area contributed by atoms with Crippen LogP contribution in [0.25, 0.3) is 6.08 Å². The predicted molar refractivity (Wildman–Crippen MR) is 107 cm³/mol. The van der Waals surface area contributed by atoms with Crippen molar-refractivity contribution in [1.29, 1.82) is 0 Å². The molecule has 2 heterocycles. The summed E-state index contributed by atoms with van der Waals surface area (Å²) in [6.45, 7) is 2.69. The SMILES string of the molecule is O=C(CCN1C(=O)/C(=C/C=C/c2ccccc2)SC1=S)N1CCOCC1. The molecule has 2 fully saturated rings. The van der Waals surface area contributed by atoms with E-state index in [0.29, 0.717) is 42.1 Å². The molecule has 2 saturated heterocycles. The summed E-state index contributed by atoms with van der Waals surface area (Å²) in [5.74, 6) is -0.0946. The number of benzene rings is 1. The fraction of sp³-hybridized carbons (Fsp3) is 0.316. The number of amides is 2. The van der Waals surface area contributed by atoms with Crippen LogP contribution in [0.5, 0.6) is 0 Å². The number of allylic oxidation sites excluding steroid dienone is 2. The number of nitrogens with zero attached hydrogens (tertiary/aromatic N) is 2. The highest BCUT2D eigenvalue weighted by molar-refractivity contribution is 8.26. The summed E-state index contributed by atoms with van der Waals surface area (Å²) < 4.78 is 5.75. The molecule has 1 aromatic rings. The summed E-state index contributed by atoms with van der Waals surface area (Å²) in [7, 11) is 0. The van der Waals surface area contributed by atoms with E-state index >= 15 is 0 Å². The first-order valence-electron chi connectivity index (χ1n) is 8.48. The van der Waals surface area contributed by atoms with Gasteiger partial charge in [0.05, 0.1) is 18.1 Å². The largest absolute Gasteiger partial charge is 0.378 e. The Labute approximate surface area is 162 Å². The van der Waals surface area contributed by atoms with Gasteiger partial charge in [-0.25, -0.2) is 0 Å². The third kappa shape index (κ3) is 4.81. The van der Waals surface area contributed by atoms with Crippen molar-refractivity contribution in [2.24, 2.45) is 0 Å². The average Bonchev–Trinajstić information content (AvgIpc) is 2.94. The molecule has 2 amide bonds. The molecule has 3 rings (SSSR count). The number of ether oxygens (including phenoxy) is 1. The Balaban J connectivity index is 1.55. The average molecular weight is 389 g/mol. The van der Waals surface area contributed by atoms with E-state index in [2.05, 4.69) is 0 Å². The summed E-state index contributed by atoms with van der Waals surface area (Å²) in [6.07, 6.45) is 5.84. The molecule has 0 N–H and O–H groups in total. The second-order valence-electron chi connectivity index (χ2n) is 5.87. The van der Waals surface area contributed by atoms with Crippen LogP contribution in [-0.2, 0) is 14.3 Å². The third-order valence-electron chi connectivity index (χ3n) is 4.12. The molecule has 7 heteroatoms. The Bertz CT molecular complexity index is 740. The molecular formula is C19H20N2O3S2. The van der Waals surface area contributed by atoms with Crippen LogP contribution < -0.4 is 0 Å². The number of morpholine rings is 1. The van der Waals surface area contributed by atoms with E-state index in [1.54, 1.807) is 11.0 Å². The lowest BCUT2D eigenvalue weighted by atomic mass is 10.2. The highest BCUT2D eigenvalue weighted by atomic mass is 32.2. The minimum atomic E-state index is -0.132. The summed E-state index contributed by atoms with van der Waals surface area (Å²) in [6, 6.07) is 9.87. The van der Waals surface area contributed by atoms with Gasteiger partial charge in [0.2, 0.25) is 5.91 Å². The van der Waals surface area contributed by atoms with Crippen LogP contribution in [0.1, 0.15) is 12.0 Å². The van der Waals surface area contributed by atoms with Gasteiger partial charge in [-0.15, -0.1) is 0 Å². The molecule has 0 spiro atoms.